The summed E-state index contributed by atoms with van der Waals surface area (Å²) in [4.78, 5) is 9.94. The number of nitrogens with zero attached hydrogens (tertiary/aromatic N) is 3. The molecule has 0 amide bonds. The highest BCUT2D eigenvalue weighted by atomic mass is 32.1. The fraction of sp³-hybridized carbons (Fsp3) is 0.692. The lowest BCUT2D eigenvalue weighted by atomic mass is 10.0. The van der Waals surface area contributed by atoms with Gasteiger partial charge in [-0.2, -0.15) is 0 Å². The first-order chi connectivity index (χ1) is 8.95. The van der Waals surface area contributed by atoms with E-state index in [9.17, 15) is 0 Å². The van der Waals surface area contributed by atoms with Crippen molar-refractivity contribution >= 4 is 33.7 Å². The molecule has 0 aromatic carbocycles. The van der Waals surface area contributed by atoms with E-state index < -0.39 is 0 Å². The van der Waals surface area contributed by atoms with Gasteiger partial charge in [0, 0.05) is 31.6 Å². The van der Waals surface area contributed by atoms with Crippen LogP contribution in [0.15, 0.2) is 5.38 Å². The highest BCUT2D eigenvalue weighted by Crippen LogP contribution is 2.24. The van der Waals surface area contributed by atoms with E-state index in [0.29, 0.717) is 4.99 Å². The molecule has 0 bridgehead atoms. The van der Waals surface area contributed by atoms with Crippen molar-refractivity contribution in [1.29, 1.82) is 0 Å². The minimum Gasteiger partial charge on any atom is -0.392 e. The lowest BCUT2D eigenvalue weighted by molar-refractivity contribution is 0.168. The van der Waals surface area contributed by atoms with Gasteiger partial charge >= 0.3 is 0 Å². The van der Waals surface area contributed by atoms with Crippen molar-refractivity contribution in [2.75, 3.05) is 31.1 Å². The third-order valence-corrected chi connectivity index (χ3v) is 5.30. The van der Waals surface area contributed by atoms with E-state index in [0.717, 1.165) is 37.7 Å². The quantitative estimate of drug-likeness (QED) is 0.860. The molecule has 1 saturated heterocycles. The average Bonchev–Trinajstić information content (AvgIpc) is 2.87. The van der Waals surface area contributed by atoms with E-state index in [-0.39, 0.29) is 5.54 Å². The van der Waals surface area contributed by atoms with Crippen LogP contribution in [0.1, 0.15) is 26.5 Å². The monoisotopic (exact) mass is 298 g/mol. The second-order valence-electron chi connectivity index (χ2n) is 5.37. The Hall–Kier alpha value is -0.720. The summed E-state index contributed by atoms with van der Waals surface area (Å²) in [6.07, 6.45) is 1.00. The molecule has 0 atom stereocenters. The smallest absolute Gasteiger partial charge is 0.185 e. The predicted molar refractivity (Wildman–Crippen MR) is 86.1 cm³/mol. The van der Waals surface area contributed by atoms with Crippen LogP contribution in [0.5, 0.6) is 0 Å². The molecule has 0 saturated carbocycles. The number of thiocarbonyl (C=S) groups is 1. The van der Waals surface area contributed by atoms with Crippen LogP contribution in [0, 0.1) is 0 Å². The molecule has 1 aliphatic heterocycles. The van der Waals surface area contributed by atoms with Crippen LogP contribution in [0.25, 0.3) is 0 Å². The summed E-state index contributed by atoms with van der Waals surface area (Å²) in [5.41, 5.74) is 6.82. The number of rotatable bonds is 4. The highest BCUT2D eigenvalue weighted by Gasteiger charge is 2.32. The first-order valence-electron chi connectivity index (χ1n) is 6.69. The number of hydrogen-bond donors (Lipinski definition) is 1. The van der Waals surface area contributed by atoms with Crippen LogP contribution >= 0.6 is 23.6 Å². The van der Waals surface area contributed by atoms with E-state index in [1.54, 1.807) is 11.3 Å². The number of nitrogens with two attached hydrogens (primary N) is 1. The zero-order valence-corrected chi connectivity index (χ0v) is 13.5. The van der Waals surface area contributed by atoms with Gasteiger partial charge in [-0.3, -0.25) is 4.90 Å². The van der Waals surface area contributed by atoms with Crippen molar-refractivity contribution in [3.8, 4) is 0 Å². The zero-order chi connectivity index (χ0) is 14.0. The van der Waals surface area contributed by atoms with Crippen LogP contribution in [0.2, 0.25) is 0 Å². The zero-order valence-electron chi connectivity index (χ0n) is 11.8. The third-order valence-electron chi connectivity index (χ3n) is 3.85. The van der Waals surface area contributed by atoms with Crippen LogP contribution in [0.4, 0.5) is 5.13 Å². The van der Waals surface area contributed by atoms with E-state index in [1.807, 2.05) is 0 Å². The average molecular weight is 298 g/mol. The maximum absolute atomic E-state index is 5.83. The maximum Gasteiger partial charge on any atom is 0.185 e. The van der Waals surface area contributed by atoms with Gasteiger partial charge in [-0.15, -0.1) is 11.3 Å². The molecule has 2 N–H and O–H groups in total. The highest BCUT2D eigenvalue weighted by molar-refractivity contribution is 7.80. The van der Waals surface area contributed by atoms with Crippen molar-refractivity contribution in [2.45, 2.75) is 32.7 Å². The van der Waals surface area contributed by atoms with Gasteiger partial charge in [0.2, 0.25) is 0 Å². The summed E-state index contributed by atoms with van der Waals surface area (Å²) in [5, 5.41) is 3.30. The number of piperazine rings is 1. The Morgan fingerprint density at radius 3 is 2.53 bits per heavy atom. The molecule has 1 aromatic rings. The Balaban J connectivity index is 1.97. The van der Waals surface area contributed by atoms with Gasteiger partial charge in [0.15, 0.2) is 5.13 Å². The van der Waals surface area contributed by atoms with E-state index in [2.05, 4.69) is 40.9 Å². The van der Waals surface area contributed by atoms with Crippen molar-refractivity contribution in [2.24, 2.45) is 5.73 Å². The molecule has 0 radical (unpaired) electrons. The standard InChI is InChI=1S/C13H22N4S2/c1-4-10-9-19-12(15-10)16-5-7-17(8-6-16)13(2,3)11(14)18/h9H,4-8H2,1-3H3,(H2,14,18). The van der Waals surface area contributed by atoms with Gasteiger partial charge < -0.3 is 10.6 Å². The van der Waals surface area contributed by atoms with Gasteiger partial charge in [0.1, 0.15) is 0 Å². The number of aromatic nitrogens is 1. The lowest BCUT2D eigenvalue weighted by Crippen LogP contribution is -2.59. The summed E-state index contributed by atoms with van der Waals surface area (Å²) < 4.78 is 0. The second-order valence-corrected chi connectivity index (χ2v) is 6.65. The Bertz CT molecular complexity index is 447. The molecule has 19 heavy (non-hydrogen) atoms. The fourth-order valence-electron chi connectivity index (χ4n) is 2.22. The number of thiazole rings is 1. The number of hydrogen-bond acceptors (Lipinski definition) is 5. The molecular weight excluding hydrogens is 276 g/mol. The van der Waals surface area contributed by atoms with Crippen LogP contribution in [-0.4, -0.2) is 46.6 Å². The first kappa shape index (κ1) is 14.7. The molecule has 4 nitrogen and oxygen atoms in total. The number of aryl methyl sites for hydroxylation is 1. The minimum absolute atomic E-state index is 0.196. The summed E-state index contributed by atoms with van der Waals surface area (Å²) in [5.74, 6) is 0. The van der Waals surface area contributed by atoms with Crippen LogP contribution in [0.3, 0.4) is 0 Å². The molecule has 2 heterocycles. The number of anilines is 1. The van der Waals surface area contributed by atoms with Crippen molar-refractivity contribution < 1.29 is 0 Å². The summed E-state index contributed by atoms with van der Waals surface area (Å²) in [6, 6.07) is 0. The third kappa shape index (κ3) is 3.07. The summed E-state index contributed by atoms with van der Waals surface area (Å²) >= 11 is 6.91. The van der Waals surface area contributed by atoms with Crippen LogP contribution < -0.4 is 10.6 Å². The van der Waals surface area contributed by atoms with E-state index in [4.69, 9.17) is 18.0 Å². The predicted octanol–water partition coefficient (Wildman–Crippen LogP) is 1.89. The first-order valence-corrected chi connectivity index (χ1v) is 7.98. The molecule has 0 aliphatic carbocycles. The molecule has 1 aliphatic rings. The van der Waals surface area contributed by atoms with Crippen molar-refractivity contribution in [3.05, 3.63) is 11.1 Å². The van der Waals surface area contributed by atoms with E-state index in [1.165, 1.54) is 5.69 Å². The maximum atomic E-state index is 5.83. The van der Waals surface area contributed by atoms with Gasteiger partial charge in [0.05, 0.1) is 16.2 Å². The Morgan fingerprint density at radius 1 is 1.42 bits per heavy atom. The SMILES string of the molecule is CCc1csc(N2CCN(C(C)(C)C(N)=S)CC2)n1. The summed E-state index contributed by atoms with van der Waals surface area (Å²) in [7, 11) is 0. The van der Waals surface area contributed by atoms with Gasteiger partial charge in [-0.1, -0.05) is 19.1 Å². The second kappa shape index (κ2) is 5.73. The Morgan fingerprint density at radius 2 is 2.05 bits per heavy atom. The largest absolute Gasteiger partial charge is 0.392 e. The van der Waals surface area contributed by atoms with Crippen molar-refractivity contribution in [3.63, 3.8) is 0 Å². The van der Waals surface area contributed by atoms with Crippen molar-refractivity contribution in [1.82, 2.24) is 9.88 Å². The molecule has 6 heteroatoms. The van der Waals surface area contributed by atoms with Gasteiger partial charge in [-0.05, 0) is 20.3 Å². The van der Waals surface area contributed by atoms with Crippen LogP contribution in [-0.2, 0) is 6.42 Å². The van der Waals surface area contributed by atoms with Gasteiger partial charge in [-0.25, -0.2) is 4.98 Å². The molecule has 106 valence electrons. The topological polar surface area (TPSA) is 45.4 Å². The normalized spacial score (nSPS) is 17.7. The molecule has 1 aromatic heterocycles. The Labute approximate surface area is 124 Å². The minimum atomic E-state index is -0.196. The molecule has 0 spiro atoms. The molecule has 2 rings (SSSR count). The molecule has 1 fully saturated rings. The lowest BCUT2D eigenvalue weighted by Gasteiger charge is -2.43. The molecular formula is C13H22N4S2. The fourth-order valence-corrected chi connectivity index (χ4v) is 3.31. The Kier molecular flexibility index (Phi) is 4.43. The van der Waals surface area contributed by atoms with E-state index >= 15 is 0 Å². The van der Waals surface area contributed by atoms with Gasteiger partial charge in [0.25, 0.3) is 0 Å². The molecule has 0 unspecified atom stereocenters. The summed E-state index contributed by atoms with van der Waals surface area (Å²) in [6.45, 7) is 10.3.